The van der Waals surface area contributed by atoms with Gasteiger partial charge in [0.2, 0.25) is 10.0 Å². The number of benzene rings is 1. The van der Waals surface area contributed by atoms with E-state index >= 15 is 0 Å². The van der Waals surface area contributed by atoms with Crippen molar-refractivity contribution in [1.82, 2.24) is 19.6 Å². The second kappa shape index (κ2) is 6.82. The first-order valence-electron chi connectivity index (χ1n) is 7.88. The maximum absolute atomic E-state index is 12.7. The minimum Gasteiger partial charge on any atom is -0.337 e. The summed E-state index contributed by atoms with van der Waals surface area (Å²) in [5, 5.41) is 0. The fraction of sp³-hybridized carbons (Fsp3) is 0.438. The molecule has 1 saturated heterocycles. The van der Waals surface area contributed by atoms with Crippen molar-refractivity contribution < 1.29 is 13.2 Å². The summed E-state index contributed by atoms with van der Waals surface area (Å²) in [6.45, 7) is 1.53. The monoisotopic (exact) mass is 348 g/mol. The summed E-state index contributed by atoms with van der Waals surface area (Å²) in [6, 6.07) is 7.42. The van der Waals surface area contributed by atoms with E-state index in [1.54, 1.807) is 4.90 Å². The molecule has 0 spiro atoms. The fourth-order valence-corrected chi connectivity index (χ4v) is 3.45. The van der Waals surface area contributed by atoms with Crippen molar-refractivity contribution in [2.75, 3.05) is 25.9 Å². The number of fused-ring (bicyclic) bond motifs is 1. The molecule has 1 N–H and O–H groups in total. The Kier molecular flexibility index (Phi) is 4.77. The number of carbonyl (C=O) groups is 1. The highest BCUT2D eigenvalue weighted by molar-refractivity contribution is 7.88. The molecule has 1 aromatic carbocycles. The molecule has 1 aliphatic rings. The first-order chi connectivity index (χ1) is 11.4. The molecule has 2 aromatic rings. The molecule has 1 aliphatic heterocycles. The number of hydrogen-bond donors (Lipinski definition) is 1. The highest BCUT2D eigenvalue weighted by Gasteiger charge is 2.26. The van der Waals surface area contributed by atoms with Crippen molar-refractivity contribution in [1.29, 1.82) is 0 Å². The maximum Gasteiger partial charge on any atom is 0.274 e. The van der Waals surface area contributed by atoms with Crippen LogP contribution in [0.2, 0.25) is 0 Å². The molecule has 0 radical (unpaired) electrons. The van der Waals surface area contributed by atoms with Crippen LogP contribution in [-0.2, 0) is 10.0 Å². The van der Waals surface area contributed by atoms with E-state index in [4.69, 9.17) is 0 Å². The summed E-state index contributed by atoms with van der Waals surface area (Å²) in [7, 11) is -3.21. The van der Waals surface area contributed by atoms with Crippen molar-refractivity contribution in [2.45, 2.75) is 12.8 Å². The van der Waals surface area contributed by atoms with Crippen LogP contribution in [0.25, 0.3) is 11.0 Å². The minimum absolute atomic E-state index is 0.117. The van der Waals surface area contributed by atoms with Crippen LogP contribution < -0.4 is 4.72 Å². The number of amides is 1. The van der Waals surface area contributed by atoms with Gasteiger partial charge in [-0.05, 0) is 30.9 Å². The summed E-state index contributed by atoms with van der Waals surface area (Å²) in [5.41, 5.74) is 1.77. The number of nitrogens with zero attached hydrogens (tertiary/aromatic N) is 3. The van der Waals surface area contributed by atoms with Gasteiger partial charge in [0, 0.05) is 19.6 Å². The van der Waals surface area contributed by atoms with Gasteiger partial charge >= 0.3 is 0 Å². The summed E-state index contributed by atoms with van der Waals surface area (Å²) in [5.74, 6) is -0.0388. The fourth-order valence-electron chi connectivity index (χ4n) is 2.91. The molecule has 0 aliphatic carbocycles. The molecule has 8 heteroatoms. The number of sulfonamides is 1. The zero-order valence-electron chi connectivity index (χ0n) is 13.5. The van der Waals surface area contributed by atoms with E-state index in [0.717, 1.165) is 24.6 Å². The van der Waals surface area contributed by atoms with Gasteiger partial charge < -0.3 is 4.90 Å². The molecule has 1 fully saturated rings. The van der Waals surface area contributed by atoms with Crippen LogP contribution in [-0.4, -0.2) is 55.1 Å². The Labute approximate surface area is 141 Å². The van der Waals surface area contributed by atoms with Crippen LogP contribution in [0.1, 0.15) is 23.3 Å². The van der Waals surface area contributed by atoms with Crippen molar-refractivity contribution in [2.24, 2.45) is 5.92 Å². The van der Waals surface area contributed by atoms with Gasteiger partial charge in [-0.25, -0.2) is 18.1 Å². The van der Waals surface area contributed by atoms with Crippen LogP contribution in [0.15, 0.2) is 30.5 Å². The van der Waals surface area contributed by atoms with Crippen LogP contribution in [0.3, 0.4) is 0 Å². The molecule has 128 valence electrons. The normalized spacial score (nSPS) is 18.7. The quantitative estimate of drug-likeness (QED) is 0.891. The highest BCUT2D eigenvalue weighted by Crippen LogP contribution is 2.18. The van der Waals surface area contributed by atoms with Gasteiger partial charge in [-0.2, -0.15) is 0 Å². The highest BCUT2D eigenvalue weighted by atomic mass is 32.2. The van der Waals surface area contributed by atoms with Gasteiger partial charge in [0.05, 0.1) is 23.5 Å². The lowest BCUT2D eigenvalue weighted by molar-refractivity contribution is 0.0670. The van der Waals surface area contributed by atoms with Gasteiger partial charge in [-0.15, -0.1) is 0 Å². The van der Waals surface area contributed by atoms with Gasteiger partial charge in [0.15, 0.2) is 0 Å². The summed E-state index contributed by atoms with van der Waals surface area (Å²) < 4.78 is 25.0. The number of likely N-dealkylation sites (tertiary alicyclic amines) is 1. The minimum atomic E-state index is -3.21. The number of aromatic nitrogens is 2. The molecular formula is C16H20N4O3S. The number of hydrogen-bond acceptors (Lipinski definition) is 5. The third kappa shape index (κ3) is 4.07. The predicted octanol–water partition coefficient (Wildman–Crippen LogP) is 1.03. The van der Waals surface area contributed by atoms with Crippen molar-refractivity contribution in [3.63, 3.8) is 0 Å². The number of carbonyl (C=O) groups excluding carboxylic acids is 1. The summed E-state index contributed by atoms with van der Waals surface area (Å²) in [6.07, 6.45) is 4.39. The standard InChI is InChI=1S/C16H20N4O3S/c1-24(22,23)18-9-12-5-4-8-20(11-12)16(21)15-10-17-13-6-2-3-7-14(13)19-15/h2-3,6-7,10,12,18H,4-5,8-9,11H2,1H3/t12-/m0/s1. The lowest BCUT2D eigenvalue weighted by Gasteiger charge is -2.32. The van der Waals surface area contributed by atoms with Crippen LogP contribution in [0.5, 0.6) is 0 Å². The number of piperidine rings is 1. The van der Waals surface area contributed by atoms with E-state index < -0.39 is 10.0 Å². The van der Waals surface area contributed by atoms with Gasteiger partial charge in [-0.3, -0.25) is 9.78 Å². The zero-order valence-corrected chi connectivity index (χ0v) is 14.3. The van der Waals surface area contributed by atoms with Crippen molar-refractivity contribution in [3.8, 4) is 0 Å². The van der Waals surface area contributed by atoms with Crippen LogP contribution in [0.4, 0.5) is 0 Å². The molecule has 0 unspecified atom stereocenters. The molecule has 24 heavy (non-hydrogen) atoms. The van der Waals surface area contributed by atoms with Gasteiger partial charge in [0.25, 0.3) is 5.91 Å². The Morgan fingerprint density at radius 1 is 1.33 bits per heavy atom. The third-order valence-electron chi connectivity index (χ3n) is 4.11. The topological polar surface area (TPSA) is 92.3 Å². The Morgan fingerprint density at radius 3 is 2.83 bits per heavy atom. The largest absolute Gasteiger partial charge is 0.337 e. The smallest absolute Gasteiger partial charge is 0.274 e. The van der Waals surface area contributed by atoms with E-state index in [-0.39, 0.29) is 11.8 Å². The van der Waals surface area contributed by atoms with Crippen LogP contribution in [0, 0.1) is 5.92 Å². The first kappa shape index (κ1) is 16.8. The SMILES string of the molecule is CS(=O)(=O)NC[C@@H]1CCCN(C(=O)c2cnc3ccccc3n2)C1. The molecular weight excluding hydrogens is 328 g/mol. The average Bonchev–Trinajstić information content (AvgIpc) is 2.58. The van der Waals surface area contributed by atoms with E-state index in [2.05, 4.69) is 14.7 Å². The molecule has 0 saturated carbocycles. The van der Waals surface area contributed by atoms with E-state index in [9.17, 15) is 13.2 Å². The Hall–Kier alpha value is -2.06. The molecule has 0 bridgehead atoms. The summed E-state index contributed by atoms with van der Waals surface area (Å²) in [4.78, 5) is 23.1. The van der Waals surface area contributed by atoms with Gasteiger partial charge in [-0.1, -0.05) is 12.1 Å². The van der Waals surface area contributed by atoms with Crippen LogP contribution >= 0.6 is 0 Å². The van der Waals surface area contributed by atoms with Gasteiger partial charge in [0.1, 0.15) is 5.69 Å². The van der Waals surface area contributed by atoms with E-state index in [1.165, 1.54) is 6.20 Å². The van der Waals surface area contributed by atoms with Crippen molar-refractivity contribution >= 4 is 27.0 Å². The second-order valence-corrected chi connectivity index (χ2v) is 7.96. The molecule has 3 rings (SSSR count). The van der Waals surface area contributed by atoms with E-state index in [0.29, 0.717) is 30.8 Å². The molecule has 2 heterocycles. The second-order valence-electron chi connectivity index (χ2n) is 6.12. The lowest BCUT2D eigenvalue weighted by atomic mass is 9.98. The Morgan fingerprint density at radius 2 is 2.08 bits per heavy atom. The molecule has 1 amide bonds. The average molecular weight is 348 g/mol. The summed E-state index contributed by atoms with van der Waals surface area (Å²) >= 11 is 0. The molecule has 1 aromatic heterocycles. The third-order valence-corrected chi connectivity index (χ3v) is 4.80. The maximum atomic E-state index is 12.7. The lowest BCUT2D eigenvalue weighted by Crippen LogP contribution is -2.43. The molecule has 7 nitrogen and oxygen atoms in total. The number of para-hydroxylation sites is 2. The Bertz CT molecular complexity index is 853. The predicted molar refractivity (Wildman–Crippen MR) is 91.0 cm³/mol. The van der Waals surface area contributed by atoms with Crippen molar-refractivity contribution in [3.05, 3.63) is 36.2 Å². The zero-order chi connectivity index (χ0) is 17.2. The number of nitrogens with one attached hydrogen (secondary N) is 1. The number of rotatable bonds is 4. The van der Waals surface area contributed by atoms with E-state index in [1.807, 2.05) is 24.3 Å². The Balaban J connectivity index is 1.71. The first-order valence-corrected chi connectivity index (χ1v) is 9.77. The molecule has 1 atom stereocenters.